The number of carboxylic acid groups (broad SMARTS) is 1. The minimum Gasteiger partial charge on any atom is -0.478 e. The van der Waals surface area contributed by atoms with Crippen LogP contribution >= 0.6 is 11.6 Å². The van der Waals surface area contributed by atoms with E-state index in [0.717, 1.165) is 6.42 Å². The Morgan fingerprint density at radius 2 is 2.12 bits per heavy atom. The van der Waals surface area contributed by atoms with Crippen molar-refractivity contribution in [2.75, 3.05) is 0 Å². The molecule has 0 aliphatic rings. The first-order chi connectivity index (χ1) is 11.9. The van der Waals surface area contributed by atoms with Crippen LogP contribution in [-0.2, 0) is 6.42 Å². The highest BCUT2D eigenvalue weighted by molar-refractivity contribution is 6.30. The van der Waals surface area contributed by atoms with Gasteiger partial charge in [-0.1, -0.05) is 44.5 Å². The Morgan fingerprint density at radius 1 is 1.40 bits per heavy atom. The van der Waals surface area contributed by atoms with Gasteiger partial charge in [0.2, 0.25) is 0 Å². The first kappa shape index (κ1) is 19.2. The monoisotopic (exact) mass is 364 g/mol. The summed E-state index contributed by atoms with van der Waals surface area (Å²) < 4.78 is 15.0. The zero-order chi connectivity index (χ0) is 18.6. The Hall–Kier alpha value is -2.14. The van der Waals surface area contributed by atoms with E-state index >= 15 is 0 Å². The summed E-state index contributed by atoms with van der Waals surface area (Å²) in [4.78, 5) is 11.8. The number of carbonyl (C=O) groups is 1. The minimum atomic E-state index is -1.00. The molecular weight excluding hydrogens is 343 g/mol. The number of rotatable bonds is 7. The lowest BCUT2D eigenvalue weighted by molar-refractivity contribution is 0.0694. The zero-order valence-electron chi connectivity index (χ0n) is 14.6. The van der Waals surface area contributed by atoms with Gasteiger partial charge in [0.05, 0.1) is 22.1 Å². The number of hydrogen-bond donors (Lipinski definition) is 1. The maximum atomic E-state index is 13.5. The van der Waals surface area contributed by atoms with Crippen LogP contribution in [0.2, 0.25) is 5.02 Å². The topological polar surface area (TPSA) is 55.1 Å². The summed E-state index contributed by atoms with van der Waals surface area (Å²) in [5.41, 5.74) is 1.88. The summed E-state index contributed by atoms with van der Waals surface area (Å²) in [5.74, 6) is -1.59. The molecule has 0 unspecified atom stereocenters. The van der Waals surface area contributed by atoms with Gasteiger partial charge in [0, 0.05) is 0 Å². The van der Waals surface area contributed by atoms with E-state index in [0.29, 0.717) is 29.9 Å². The summed E-state index contributed by atoms with van der Waals surface area (Å²) in [6.45, 7) is 5.86. The van der Waals surface area contributed by atoms with Crippen molar-refractivity contribution in [3.63, 3.8) is 0 Å². The van der Waals surface area contributed by atoms with Crippen molar-refractivity contribution in [3.05, 3.63) is 58.1 Å². The number of aromatic carboxylic acids is 1. The van der Waals surface area contributed by atoms with Gasteiger partial charge in [-0.05, 0) is 43.4 Å². The predicted octanol–water partition coefficient (Wildman–Crippen LogP) is 5.39. The fraction of sp³-hybridized carbons (Fsp3) is 0.368. The van der Waals surface area contributed by atoms with Gasteiger partial charge in [0.15, 0.2) is 0 Å². The Balaban J connectivity index is 2.56. The van der Waals surface area contributed by atoms with E-state index in [-0.39, 0.29) is 16.5 Å². The van der Waals surface area contributed by atoms with Gasteiger partial charge in [-0.2, -0.15) is 5.10 Å². The van der Waals surface area contributed by atoms with E-state index in [2.05, 4.69) is 5.10 Å². The molecule has 25 heavy (non-hydrogen) atoms. The van der Waals surface area contributed by atoms with E-state index in [9.17, 15) is 14.3 Å². The van der Waals surface area contributed by atoms with E-state index in [1.165, 1.54) is 12.1 Å². The van der Waals surface area contributed by atoms with Gasteiger partial charge >= 0.3 is 5.97 Å². The van der Waals surface area contributed by atoms with Crippen molar-refractivity contribution in [1.29, 1.82) is 0 Å². The molecule has 0 aliphatic heterocycles. The predicted molar refractivity (Wildman–Crippen MR) is 97.3 cm³/mol. The number of hydrogen-bond acceptors (Lipinski definition) is 2. The molecule has 4 nitrogen and oxygen atoms in total. The van der Waals surface area contributed by atoms with Crippen molar-refractivity contribution in [2.45, 2.75) is 46.0 Å². The molecule has 6 heteroatoms. The Morgan fingerprint density at radius 3 is 2.68 bits per heavy atom. The van der Waals surface area contributed by atoms with Gasteiger partial charge in [-0.15, -0.1) is 0 Å². The van der Waals surface area contributed by atoms with E-state index in [4.69, 9.17) is 11.6 Å². The van der Waals surface area contributed by atoms with E-state index in [1.54, 1.807) is 10.7 Å². The van der Waals surface area contributed by atoms with Crippen LogP contribution in [0.25, 0.3) is 5.69 Å². The molecule has 134 valence electrons. The molecule has 0 saturated carbocycles. The summed E-state index contributed by atoms with van der Waals surface area (Å²) >= 11 is 5.88. The van der Waals surface area contributed by atoms with Crippen molar-refractivity contribution in [2.24, 2.45) is 0 Å². The third-order valence-corrected chi connectivity index (χ3v) is 4.14. The highest BCUT2D eigenvalue weighted by Gasteiger charge is 2.25. The van der Waals surface area contributed by atoms with Crippen LogP contribution in [0, 0.1) is 5.82 Å². The lowest BCUT2D eigenvalue weighted by atomic mass is 10.0. The molecule has 0 radical (unpaired) electrons. The number of aryl methyl sites for hydroxylation is 1. The van der Waals surface area contributed by atoms with Gasteiger partial charge in [0.25, 0.3) is 0 Å². The molecule has 1 heterocycles. The van der Waals surface area contributed by atoms with Crippen LogP contribution in [0.15, 0.2) is 30.4 Å². The number of aromatic nitrogens is 2. The van der Waals surface area contributed by atoms with Crippen LogP contribution < -0.4 is 0 Å². The molecule has 0 bridgehead atoms. The van der Waals surface area contributed by atoms with Crippen molar-refractivity contribution in [1.82, 2.24) is 9.78 Å². The largest absolute Gasteiger partial charge is 0.478 e. The number of nitrogens with zero attached hydrogens (tertiary/aromatic N) is 2. The molecule has 1 aromatic heterocycles. The summed E-state index contributed by atoms with van der Waals surface area (Å²) in [5, 5.41) is 14.2. The fourth-order valence-corrected chi connectivity index (χ4v) is 2.91. The standard InChI is InChI=1S/C19H22ClFN2O2/c1-4-5-6-7-8-16-17(19(24)25)18(12(2)3)23(22-16)13-9-10-15(21)14(20)11-13/h5-6,9-12H,4,7-8H2,1-3H3,(H,24,25)/b6-5-. The summed E-state index contributed by atoms with van der Waals surface area (Å²) in [7, 11) is 0. The lowest BCUT2D eigenvalue weighted by Gasteiger charge is -2.11. The molecule has 0 fully saturated rings. The van der Waals surface area contributed by atoms with E-state index < -0.39 is 11.8 Å². The number of halogens is 2. The first-order valence-electron chi connectivity index (χ1n) is 8.32. The molecule has 1 N–H and O–H groups in total. The highest BCUT2D eigenvalue weighted by atomic mass is 35.5. The quantitative estimate of drug-likeness (QED) is 0.670. The second kappa shape index (κ2) is 8.30. The molecule has 0 aliphatic carbocycles. The van der Waals surface area contributed by atoms with Crippen molar-refractivity contribution >= 4 is 17.6 Å². The maximum absolute atomic E-state index is 13.5. The molecule has 0 saturated heterocycles. The van der Waals surface area contributed by atoms with Gasteiger partial charge < -0.3 is 5.11 Å². The minimum absolute atomic E-state index is 0.0213. The van der Waals surface area contributed by atoms with Crippen LogP contribution in [0.3, 0.4) is 0 Å². The van der Waals surface area contributed by atoms with Crippen LogP contribution in [0.4, 0.5) is 4.39 Å². The lowest BCUT2D eigenvalue weighted by Crippen LogP contribution is -2.08. The smallest absolute Gasteiger partial charge is 0.339 e. The van der Waals surface area contributed by atoms with E-state index in [1.807, 2.05) is 32.9 Å². The normalized spacial score (nSPS) is 11.6. The number of carboxylic acids is 1. The molecule has 0 amide bonds. The molecule has 1 aromatic carbocycles. The molecule has 0 spiro atoms. The van der Waals surface area contributed by atoms with Crippen LogP contribution in [0.1, 0.15) is 61.3 Å². The molecule has 2 rings (SSSR count). The van der Waals surface area contributed by atoms with Crippen molar-refractivity contribution < 1.29 is 14.3 Å². The zero-order valence-corrected chi connectivity index (χ0v) is 15.3. The van der Waals surface area contributed by atoms with Crippen LogP contribution in [0.5, 0.6) is 0 Å². The molecule has 0 atom stereocenters. The number of allylic oxidation sites excluding steroid dienone is 2. The van der Waals surface area contributed by atoms with Gasteiger partial charge in [-0.25, -0.2) is 13.9 Å². The third kappa shape index (κ3) is 4.28. The van der Waals surface area contributed by atoms with Gasteiger partial charge in [0.1, 0.15) is 11.4 Å². The second-order valence-electron chi connectivity index (χ2n) is 6.10. The fourth-order valence-electron chi connectivity index (χ4n) is 2.74. The average molecular weight is 365 g/mol. The number of benzene rings is 1. The summed E-state index contributed by atoms with van der Waals surface area (Å²) in [6, 6.07) is 4.27. The third-order valence-electron chi connectivity index (χ3n) is 3.85. The molecular formula is C19H22ClFN2O2. The first-order valence-corrected chi connectivity index (χ1v) is 8.70. The SMILES string of the molecule is CC/C=C\CCc1nn(-c2ccc(F)c(Cl)c2)c(C(C)C)c1C(=O)O. The Labute approximate surface area is 151 Å². The average Bonchev–Trinajstić information content (AvgIpc) is 2.94. The van der Waals surface area contributed by atoms with Crippen LogP contribution in [-0.4, -0.2) is 20.9 Å². The molecule has 2 aromatic rings. The maximum Gasteiger partial charge on any atom is 0.339 e. The Bertz CT molecular complexity index is 797. The highest BCUT2D eigenvalue weighted by Crippen LogP contribution is 2.28. The van der Waals surface area contributed by atoms with Crippen molar-refractivity contribution in [3.8, 4) is 5.69 Å². The summed E-state index contributed by atoms with van der Waals surface area (Å²) in [6.07, 6.45) is 6.24. The van der Waals surface area contributed by atoms with Gasteiger partial charge in [-0.3, -0.25) is 0 Å². The second-order valence-corrected chi connectivity index (χ2v) is 6.50. The Kier molecular flexibility index (Phi) is 6.37.